The second-order valence-corrected chi connectivity index (χ2v) is 6.20. The van der Waals surface area contributed by atoms with Crippen LogP contribution < -0.4 is 0 Å². The van der Waals surface area contributed by atoms with Gasteiger partial charge in [0.15, 0.2) is 0 Å². The molecule has 2 saturated heterocycles. The standard InChI is InChI=1S/C13H22N2O4/c1-13(2,3)19-12(18)15-8-7-14-6-4-5-9(14)10(15)11(16)17/h9-10H,4-8H2,1-3H3,(H,16,17). The monoisotopic (exact) mass is 270 g/mol. The van der Waals surface area contributed by atoms with Crippen LogP contribution in [0, 0.1) is 0 Å². The summed E-state index contributed by atoms with van der Waals surface area (Å²) in [4.78, 5) is 27.2. The molecular formula is C13H22N2O4. The summed E-state index contributed by atoms with van der Waals surface area (Å²) >= 11 is 0. The molecule has 6 heteroatoms. The van der Waals surface area contributed by atoms with Crippen molar-refractivity contribution in [2.24, 2.45) is 0 Å². The summed E-state index contributed by atoms with van der Waals surface area (Å²) in [5.41, 5.74) is -0.604. The van der Waals surface area contributed by atoms with Crippen molar-refractivity contribution in [2.45, 2.75) is 51.3 Å². The van der Waals surface area contributed by atoms with E-state index < -0.39 is 23.7 Å². The van der Waals surface area contributed by atoms with Crippen LogP contribution in [0.1, 0.15) is 33.6 Å². The van der Waals surface area contributed by atoms with Crippen molar-refractivity contribution in [2.75, 3.05) is 19.6 Å². The van der Waals surface area contributed by atoms with Crippen LogP contribution in [0.4, 0.5) is 4.79 Å². The number of piperazine rings is 1. The Hall–Kier alpha value is -1.30. The Morgan fingerprint density at radius 3 is 2.47 bits per heavy atom. The molecule has 19 heavy (non-hydrogen) atoms. The van der Waals surface area contributed by atoms with Gasteiger partial charge >= 0.3 is 12.1 Å². The number of hydrogen-bond acceptors (Lipinski definition) is 4. The third kappa shape index (κ3) is 3.00. The van der Waals surface area contributed by atoms with E-state index in [9.17, 15) is 14.7 Å². The van der Waals surface area contributed by atoms with Gasteiger partial charge in [-0.2, -0.15) is 0 Å². The van der Waals surface area contributed by atoms with Gasteiger partial charge in [-0.05, 0) is 40.2 Å². The number of carbonyl (C=O) groups excluding carboxylic acids is 1. The molecule has 0 aliphatic carbocycles. The number of carbonyl (C=O) groups is 2. The number of aliphatic carboxylic acids is 1. The summed E-state index contributed by atoms with van der Waals surface area (Å²) in [7, 11) is 0. The van der Waals surface area contributed by atoms with Gasteiger partial charge in [-0.15, -0.1) is 0 Å². The third-order valence-electron chi connectivity index (χ3n) is 3.62. The molecule has 2 aliphatic rings. The van der Waals surface area contributed by atoms with E-state index in [4.69, 9.17) is 4.74 Å². The average Bonchev–Trinajstić information content (AvgIpc) is 2.72. The number of nitrogens with zero attached hydrogens (tertiary/aromatic N) is 2. The van der Waals surface area contributed by atoms with E-state index in [1.54, 1.807) is 20.8 Å². The maximum absolute atomic E-state index is 12.1. The van der Waals surface area contributed by atoms with Crippen LogP contribution in [-0.4, -0.2) is 64.3 Å². The van der Waals surface area contributed by atoms with Crippen LogP contribution in [-0.2, 0) is 9.53 Å². The van der Waals surface area contributed by atoms with E-state index >= 15 is 0 Å². The fourth-order valence-corrected chi connectivity index (χ4v) is 2.89. The lowest BCUT2D eigenvalue weighted by Crippen LogP contribution is -2.62. The van der Waals surface area contributed by atoms with Crippen LogP contribution in [0.15, 0.2) is 0 Å². The Kier molecular flexibility index (Phi) is 3.71. The summed E-state index contributed by atoms with van der Waals surface area (Å²) in [5.74, 6) is -0.942. The molecule has 2 aliphatic heterocycles. The van der Waals surface area contributed by atoms with Gasteiger partial charge in [0.05, 0.1) is 0 Å². The molecule has 0 aromatic carbocycles. The van der Waals surface area contributed by atoms with Crippen molar-refractivity contribution in [3.8, 4) is 0 Å². The van der Waals surface area contributed by atoms with Crippen LogP contribution >= 0.6 is 0 Å². The van der Waals surface area contributed by atoms with Gasteiger partial charge in [0.25, 0.3) is 0 Å². The Bertz CT molecular complexity index is 377. The molecule has 0 radical (unpaired) electrons. The average molecular weight is 270 g/mol. The Balaban J connectivity index is 2.14. The smallest absolute Gasteiger partial charge is 0.411 e. The van der Waals surface area contributed by atoms with Crippen molar-refractivity contribution in [1.29, 1.82) is 0 Å². The van der Waals surface area contributed by atoms with E-state index in [0.29, 0.717) is 6.54 Å². The molecule has 0 aromatic heterocycles. The molecule has 6 nitrogen and oxygen atoms in total. The fourth-order valence-electron chi connectivity index (χ4n) is 2.89. The SMILES string of the molecule is CC(C)(C)OC(=O)N1CCN2CCCC2C1C(=O)O. The molecule has 1 amide bonds. The van der Waals surface area contributed by atoms with Crippen molar-refractivity contribution < 1.29 is 19.4 Å². The molecule has 2 unspecified atom stereocenters. The minimum atomic E-state index is -0.942. The number of hydrogen-bond donors (Lipinski definition) is 1. The largest absolute Gasteiger partial charge is 0.480 e. The van der Waals surface area contributed by atoms with Crippen molar-refractivity contribution >= 4 is 12.1 Å². The fraction of sp³-hybridized carbons (Fsp3) is 0.846. The summed E-state index contributed by atoms with van der Waals surface area (Å²) in [5, 5.41) is 9.43. The first-order valence-electron chi connectivity index (χ1n) is 6.76. The minimum Gasteiger partial charge on any atom is -0.480 e. The van der Waals surface area contributed by atoms with Crippen molar-refractivity contribution in [3.63, 3.8) is 0 Å². The second kappa shape index (κ2) is 5.00. The Morgan fingerprint density at radius 2 is 1.89 bits per heavy atom. The first-order valence-corrected chi connectivity index (χ1v) is 6.76. The third-order valence-corrected chi connectivity index (χ3v) is 3.62. The summed E-state index contributed by atoms with van der Waals surface area (Å²) in [6.45, 7) is 7.43. The predicted octanol–water partition coefficient (Wildman–Crippen LogP) is 1.15. The van der Waals surface area contributed by atoms with Gasteiger partial charge in [-0.25, -0.2) is 9.59 Å². The predicted molar refractivity (Wildman–Crippen MR) is 69.0 cm³/mol. The molecule has 2 fully saturated rings. The zero-order valence-electron chi connectivity index (χ0n) is 11.8. The normalized spacial score (nSPS) is 28.1. The van der Waals surface area contributed by atoms with Gasteiger partial charge in [-0.3, -0.25) is 9.80 Å². The van der Waals surface area contributed by atoms with E-state index in [2.05, 4.69) is 4.90 Å². The van der Waals surface area contributed by atoms with E-state index in [1.165, 1.54) is 4.90 Å². The van der Waals surface area contributed by atoms with Gasteiger partial charge < -0.3 is 9.84 Å². The van der Waals surface area contributed by atoms with Crippen molar-refractivity contribution in [1.82, 2.24) is 9.80 Å². The lowest BCUT2D eigenvalue weighted by Gasteiger charge is -2.42. The zero-order chi connectivity index (χ0) is 14.2. The van der Waals surface area contributed by atoms with Gasteiger partial charge in [0.1, 0.15) is 11.6 Å². The van der Waals surface area contributed by atoms with Gasteiger partial charge in [-0.1, -0.05) is 0 Å². The highest BCUT2D eigenvalue weighted by Crippen LogP contribution is 2.28. The molecular weight excluding hydrogens is 248 g/mol. The lowest BCUT2D eigenvalue weighted by molar-refractivity contribution is -0.147. The Labute approximate surface area is 113 Å². The quantitative estimate of drug-likeness (QED) is 0.774. The molecule has 2 rings (SSSR count). The topological polar surface area (TPSA) is 70.1 Å². The summed E-state index contributed by atoms with van der Waals surface area (Å²) < 4.78 is 5.31. The maximum atomic E-state index is 12.1. The van der Waals surface area contributed by atoms with E-state index in [0.717, 1.165) is 25.9 Å². The first-order chi connectivity index (χ1) is 8.79. The molecule has 2 atom stereocenters. The highest BCUT2D eigenvalue weighted by Gasteiger charge is 2.46. The van der Waals surface area contributed by atoms with Gasteiger partial charge in [0.2, 0.25) is 0 Å². The molecule has 2 heterocycles. The molecule has 0 bridgehead atoms. The van der Waals surface area contributed by atoms with Crippen LogP contribution in [0.3, 0.4) is 0 Å². The molecule has 0 saturated carbocycles. The summed E-state index contributed by atoms with van der Waals surface area (Å²) in [6, 6.07) is -0.857. The summed E-state index contributed by atoms with van der Waals surface area (Å²) in [6.07, 6.45) is 1.30. The van der Waals surface area contributed by atoms with Crippen molar-refractivity contribution in [3.05, 3.63) is 0 Å². The zero-order valence-corrected chi connectivity index (χ0v) is 11.8. The molecule has 108 valence electrons. The first kappa shape index (κ1) is 14.1. The van der Waals surface area contributed by atoms with E-state index in [1.807, 2.05) is 0 Å². The molecule has 0 spiro atoms. The highest BCUT2D eigenvalue weighted by atomic mass is 16.6. The van der Waals surface area contributed by atoms with Crippen LogP contribution in [0.2, 0.25) is 0 Å². The molecule has 1 N–H and O–H groups in total. The van der Waals surface area contributed by atoms with Gasteiger partial charge in [0, 0.05) is 19.1 Å². The number of carboxylic acids is 1. The van der Waals surface area contributed by atoms with Crippen LogP contribution in [0.5, 0.6) is 0 Å². The number of ether oxygens (including phenoxy) is 1. The maximum Gasteiger partial charge on any atom is 0.411 e. The highest BCUT2D eigenvalue weighted by molar-refractivity contribution is 5.81. The van der Waals surface area contributed by atoms with Crippen LogP contribution in [0.25, 0.3) is 0 Å². The number of amides is 1. The number of carboxylic acid groups (broad SMARTS) is 1. The number of fused-ring (bicyclic) bond motifs is 1. The second-order valence-electron chi connectivity index (χ2n) is 6.20. The Morgan fingerprint density at radius 1 is 1.21 bits per heavy atom. The minimum absolute atomic E-state index is 0.0706. The molecule has 0 aromatic rings. The lowest BCUT2D eigenvalue weighted by atomic mass is 10.0. The van der Waals surface area contributed by atoms with E-state index in [-0.39, 0.29) is 6.04 Å². The number of rotatable bonds is 1.